The van der Waals surface area contributed by atoms with Crippen LogP contribution in [0.1, 0.15) is 29.8 Å². The number of thiazole rings is 1. The molecule has 1 amide bonds. The summed E-state index contributed by atoms with van der Waals surface area (Å²) in [6.07, 6.45) is 1.67. The number of rotatable bonds is 7. The minimum atomic E-state index is -0.940. The van der Waals surface area contributed by atoms with Crippen molar-refractivity contribution in [2.75, 3.05) is 19.7 Å². The topological polar surface area (TPSA) is 79.7 Å². The van der Waals surface area contributed by atoms with Gasteiger partial charge in [0.05, 0.1) is 17.5 Å². The lowest BCUT2D eigenvalue weighted by Crippen LogP contribution is -2.39. The van der Waals surface area contributed by atoms with Gasteiger partial charge in [-0.05, 0) is 18.9 Å². The lowest BCUT2D eigenvalue weighted by Gasteiger charge is -2.24. The molecular weight excluding hydrogens is 376 g/mol. The van der Waals surface area contributed by atoms with Gasteiger partial charge in [-0.15, -0.1) is 11.3 Å². The highest BCUT2D eigenvalue weighted by atomic mass is 35.5. The maximum atomic E-state index is 12.9. The Morgan fingerprint density at radius 1 is 1.38 bits per heavy atom. The number of benzene rings is 1. The van der Waals surface area contributed by atoms with E-state index in [2.05, 4.69) is 4.98 Å². The number of carbonyl (C=O) groups is 2. The monoisotopic (exact) mass is 394 g/mol. The van der Waals surface area contributed by atoms with Crippen LogP contribution in [0.3, 0.4) is 0 Å². The van der Waals surface area contributed by atoms with Crippen molar-refractivity contribution in [3.8, 4) is 10.6 Å². The van der Waals surface area contributed by atoms with Crippen LogP contribution in [0.15, 0.2) is 29.6 Å². The van der Waals surface area contributed by atoms with E-state index in [1.54, 1.807) is 11.4 Å². The first-order chi connectivity index (χ1) is 12.5. The SMILES string of the molecule is O=C(O)CCN(C[C@@H]1CCCO1)C(=O)c1csc(-c2ccccc2Cl)n1. The van der Waals surface area contributed by atoms with Crippen molar-refractivity contribution in [2.24, 2.45) is 0 Å². The Balaban J connectivity index is 1.77. The van der Waals surface area contributed by atoms with Gasteiger partial charge < -0.3 is 14.7 Å². The molecule has 0 unspecified atom stereocenters. The Kier molecular flexibility index (Phi) is 6.24. The third-order valence-corrected chi connectivity index (χ3v) is 5.36. The molecule has 1 aromatic carbocycles. The summed E-state index contributed by atoms with van der Waals surface area (Å²) in [5.74, 6) is -1.22. The number of nitrogens with zero attached hydrogens (tertiary/aromatic N) is 2. The van der Waals surface area contributed by atoms with Crippen molar-refractivity contribution in [3.05, 3.63) is 40.4 Å². The first-order valence-corrected chi connectivity index (χ1v) is 9.63. The number of aromatic nitrogens is 1. The van der Waals surface area contributed by atoms with Gasteiger partial charge in [-0.1, -0.05) is 29.8 Å². The zero-order chi connectivity index (χ0) is 18.5. The first-order valence-electron chi connectivity index (χ1n) is 8.37. The number of carboxylic acid groups (broad SMARTS) is 1. The van der Waals surface area contributed by atoms with Gasteiger partial charge in [0.25, 0.3) is 5.91 Å². The molecule has 0 bridgehead atoms. The number of aliphatic carboxylic acids is 1. The van der Waals surface area contributed by atoms with Gasteiger partial charge in [0.15, 0.2) is 0 Å². The van der Waals surface area contributed by atoms with Crippen LogP contribution in [0.4, 0.5) is 0 Å². The minimum Gasteiger partial charge on any atom is -0.481 e. The van der Waals surface area contributed by atoms with Crippen LogP contribution in [0.25, 0.3) is 10.6 Å². The van der Waals surface area contributed by atoms with Crippen molar-refractivity contribution in [1.82, 2.24) is 9.88 Å². The predicted octanol–water partition coefficient (Wildman–Crippen LogP) is 3.56. The molecule has 1 aromatic heterocycles. The molecule has 0 aliphatic carbocycles. The van der Waals surface area contributed by atoms with E-state index in [0.29, 0.717) is 28.9 Å². The van der Waals surface area contributed by atoms with Crippen LogP contribution in [0.5, 0.6) is 0 Å². The summed E-state index contributed by atoms with van der Waals surface area (Å²) >= 11 is 7.54. The highest BCUT2D eigenvalue weighted by Gasteiger charge is 2.25. The van der Waals surface area contributed by atoms with E-state index < -0.39 is 5.97 Å². The Bertz CT molecular complexity index is 789. The lowest BCUT2D eigenvalue weighted by molar-refractivity contribution is -0.137. The molecule has 0 saturated carbocycles. The summed E-state index contributed by atoms with van der Waals surface area (Å²) in [5, 5.41) is 11.9. The second-order valence-electron chi connectivity index (χ2n) is 6.05. The number of carbonyl (C=O) groups excluding carboxylic acids is 1. The standard InChI is InChI=1S/C18H19ClN2O4S/c19-14-6-2-1-5-13(14)17-20-15(11-26-17)18(24)21(8-7-16(22)23)10-12-4-3-9-25-12/h1-2,5-6,11-12H,3-4,7-10H2,(H,22,23)/t12-/m0/s1. The van der Waals surface area contributed by atoms with E-state index in [1.807, 2.05) is 18.2 Å². The molecule has 26 heavy (non-hydrogen) atoms. The predicted molar refractivity (Wildman–Crippen MR) is 99.7 cm³/mol. The number of ether oxygens (including phenoxy) is 1. The summed E-state index contributed by atoms with van der Waals surface area (Å²) in [7, 11) is 0. The van der Waals surface area contributed by atoms with E-state index in [0.717, 1.165) is 18.4 Å². The molecular formula is C18H19ClN2O4S. The van der Waals surface area contributed by atoms with Gasteiger partial charge in [-0.2, -0.15) is 0 Å². The second kappa shape index (κ2) is 8.62. The molecule has 1 saturated heterocycles. The second-order valence-corrected chi connectivity index (χ2v) is 7.31. The molecule has 0 radical (unpaired) electrons. The Labute approximate surface area is 160 Å². The molecule has 138 valence electrons. The van der Waals surface area contributed by atoms with E-state index in [4.69, 9.17) is 21.4 Å². The van der Waals surface area contributed by atoms with Crippen LogP contribution in [-0.2, 0) is 9.53 Å². The third kappa shape index (κ3) is 4.60. The van der Waals surface area contributed by atoms with Crippen molar-refractivity contribution < 1.29 is 19.4 Å². The highest BCUT2D eigenvalue weighted by molar-refractivity contribution is 7.13. The molecule has 0 spiro atoms. The molecule has 2 aromatic rings. The van der Waals surface area contributed by atoms with Crippen LogP contribution < -0.4 is 0 Å². The summed E-state index contributed by atoms with van der Waals surface area (Å²) in [6.45, 7) is 1.19. The van der Waals surface area contributed by atoms with Crippen LogP contribution in [0.2, 0.25) is 5.02 Å². The number of hydrogen-bond acceptors (Lipinski definition) is 5. The average molecular weight is 395 g/mol. The Morgan fingerprint density at radius 2 is 2.19 bits per heavy atom. The molecule has 2 heterocycles. The molecule has 1 fully saturated rings. The number of hydrogen-bond donors (Lipinski definition) is 1. The number of amides is 1. The van der Waals surface area contributed by atoms with Gasteiger partial charge in [0.1, 0.15) is 10.7 Å². The maximum Gasteiger partial charge on any atom is 0.305 e. The number of carboxylic acids is 1. The zero-order valence-corrected chi connectivity index (χ0v) is 15.6. The van der Waals surface area contributed by atoms with Gasteiger partial charge in [0, 0.05) is 30.6 Å². The molecule has 1 aliphatic heterocycles. The van der Waals surface area contributed by atoms with Crippen molar-refractivity contribution in [3.63, 3.8) is 0 Å². The smallest absolute Gasteiger partial charge is 0.305 e. The quantitative estimate of drug-likeness (QED) is 0.776. The Hall–Kier alpha value is -1.96. The van der Waals surface area contributed by atoms with Crippen LogP contribution in [-0.4, -0.2) is 52.7 Å². The van der Waals surface area contributed by atoms with Gasteiger partial charge in [-0.25, -0.2) is 4.98 Å². The minimum absolute atomic E-state index is 0.0468. The average Bonchev–Trinajstić information content (AvgIpc) is 3.30. The molecule has 3 rings (SSSR count). The highest BCUT2D eigenvalue weighted by Crippen LogP contribution is 2.30. The fourth-order valence-electron chi connectivity index (χ4n) is 2.83. The largest absolute Gasteiger partial charge is 0.481 e. The third-order valence-electron chi connectivity index (χ3n) is 4.16. The molecule has 8 heteroatoms. The van der Waals surface area contributed by atoms with Crippen LogP contribution in [0, 0.1) is 0 Å². The van der Waals surface area contributed by atoms with Gasteiger partial charge in [-0.3, -0.25) is 9.59 Å². The normalized spacial score (nSPS) is 16.6. The summed E-state index contributed by atoms with van der Waals surface area (Å²) in [4.78, 5) is 29.7. The lowest BCUT2D eigenvalue weighted by atomic mass is 10.2. The summed E-state index contributed by atoms with van der Waals surface area (Å²) < 4.78 is 5.59. The van der Waals surface area contributed by atoms with Crippen molar-refractivity contribution in [2.45, 2.75) is 25.4 Å². The van der Waals surface area contributed by atoms with E-state index in [1.165, 1.54) is 16.2 Å². The van der Waals surface area contributed by atoms with E-state index in [9.17, 15) is 9.59 Å². The fraction of sp³-hybridized carbons (Fsp3) is 0.389. The molecule has 1 atom stereocenters. The van der Waals surface area contributed by atoms with E-state index in [-0.39, 0.29) is 25.0 Å². The zero-order valence-electron chi connectivity index (χ0n) is 14.1. The summed E-state index contributed by atoms with van der Waals surface area (Å²) in [5.41, 5.74) is 1.07. The number of halogens is 1. The summed E-state index contributed by atoms with van der Waals surface area (Å²) in [6, 6.07) is 7.32. The molecule has 6 nitrogen and oxygen atoms in total. The fourth-order valence-corrected chi connectivity index (χ4v) is 3.95. The van der Waals surface area contributed by atoms with Gasteiger partial charge in [0.2, 0.25) is 0 Å². The van der Waals surface area contributed by atoms with Crippen molar-refractivity contribution >= 4 is 34.8 Å². The molecule has 1 aliphatic rings. The maximum absolute atomic E-state index is 12.9. The van der Waals surface area contributed by atoms with Crippen LogP contribution >= 0.6 is 22.9 Å². The van der Waals surface area contributed by atoms with Gasteiger partial charge >= 0.3 is 5.97 Å². The van der Waals surface area contributed by atoms with Crippen molar-refractivity contribution in [1.29, 1.82) is 0 Å². The first kappa shape index (κ1) is 18.8. The Morgan fingerprint density at radius 3 is 2.88 bits per heavy atom. The molecule has 1 N–H and O–H groups in total. The van der Waals surface area contributed by atoms with E-state index >= 15 is 0 Å².